The lowest BCUT2D eigenvalue weighted by Crippen LogP contribution is -2.15. The monoisotopic (exact) mass is 211 g/mol. The van der Waals surface area contributed by atoms with Crippen LogP contribution in [0.5, 0.6) is 5.75 Å². The zero-order chi connectivity index (χ0) is 9.97. The molecule has 76 valence electrons. The van der Waals surface area contributed by atoms with Gasteiger partial charge in [-0.25, -0.2) is 0 Å². The van der Waals surface area contributed by atoms with Crippen LogP contribution in [-0.4, -0.2) is 13.7 Å². The van der Waals surface area contributed by atoms with Gasteiger partial charge in [-0.05, 0) is 32.0 Å². The summed E-state index contributed by atoms with van der Waals surface area (Å²) in [6.07, 6.45) is 2.20. The van der Waals surface area contributed by atoms with Crippen molar-refractivity contribution in [2.24, 2.45) is 0 Å². The molecule has 0 bridgehead atoms. The van der Waals surface area contributed by atoms with Crippen LogP contribution in [0.2, 0.25) is 5.02 Å². The fourth-order valence-electron chi connectivity index (χ4n) is 1.85. The highest BCUT2D eigenvalue weighted by atomic mass is 35.5. The molecular formula is C11H14ClNO. The quantitative estimate of drug-likeness (QED) is 0.772. The molecular weight excluding hydrogens is 198 g/mol. The second-order valence-corrected chi connectivity index (χ2v) is 3.95. The third-order valence-electron chi connectivity index (χ3n) is 2.59. The SMILES string of the molecule is CNC1CCCOc2cc(Cl)ccc21. The van der Waals surface area contributed by atoms with Crippen LogP contribution in [0.25, 0.3) is 0 Å². The van der Waals surface area contributed by atoms with Gasteiger partial charge in [-0.3, -0.25) is 0 Å². The zero-order valence-electron chi connectivity index (χ0n) is 8.22. The number of rotatable bonds is 1. The van der Waals surface area contributed by atoms with Crippen molar-refractivity contribution in [2.45, 2.75) is 18.9 Å². The van der Waals surface area contributed by atoms with Crippen molar-refractivity contribution >= 4 is 11.6 Å². The predicted molar refractivity (Wildman–Crippen MR) is 58.0 cm³/mol. The molecule has 1 aliphatic heterocycles. The maximum absolute atomic E-state index is 5.92. The maximum atomic E-state index is 5.92. The van der Waals surface area contributed by atoms with Crippen LogP contribution in [0.1, 0.15) is 24.4 Å². The average Bonchev–Trinajstić information content (AvgIpc) is 2.38. The summed E-state index contributed by atoms with van der Waals surface area (Å²) in [6, 6.07) is 6.25. The molecule has 3 heteroatoms. The molecule has 0 amide bonds. The number of hydrogen-bond acceptors (Lipinski definition) is 2. The Morgan fingerprint density at radius 1 is 1.50 bits per heavy atom. The molecule has 1 aromatic carbocycles. The molecule has 1 aliphatic rings. The van der Waals surface area contributed by atoms with E-state index >= 15 is 0 Å². The first-order valence-corrected chi connectivity index (χ1v) is 5.28. The summed E-state index contributed by atoms with van der Waals surface area (Å²) in [5, 5.41) is 4.03. The Morgan fingerprint density at radius 2 is 2.36 bits per heavy atom. The number of fused-ring (bicyclic) bond motifs is 1. The van der Waals surface area contributed by atoms with E-state index in [1.807, 2.05) is 25.2 Å². The number of benzene rings is 1. The first-order valence-electron chi connectivity index (χ1n) is 4.91. The fraction of sp³-hybridized carbons (Fsp3) is 0.455. The normalized spacial score (nSPS) is 20.9. The number of hydrogen-bond donors (Lipinski definition) is 1. The van der Waals surface area contributed by atoms with Crippen LogP contribution in [0.4, 0.5) is 0 Å². The van der Waals surface area contributed by atoms with Gasteiger partial charge in [0.05, 0.1) is 6.61 Å². The summed E-state index contributed by atoms with van der Waals surface area (Å²) < 4.78 is 5.64. The van der Waals surface area contributed by atoms with Gasteiger partial charge in [0.25, 0.3) is 0 Å². The van der Waals surface area contributed by atoms with Crippen LogP contribution >= 0.6 is 11.6 Å². The highest BCUT2D eigenvalue weighted by Gasteiger charge is 2.17. The van der Waals surface area contributed by atoms with Crippen LogP contribution in [0, 0.1) is 0 Å². The molecule has 1 N–H and O–H groups in total. The van der Waals surface area contributed by atoms with Gasteiger partial charge in [0.15, 0.2) is 0 Å². The third kappa shape index (κ3) is 1.86. The molecule has 1 aromatic rings. The first kappa shape index (κ1) is 9.81. The van der Waals surface area contributed by atoms with Crippen molar-refractivity contribution < 1.29 is 4.74 Å². The summed E-state index contributed by atoms with van der Waals surface area (Å²) in [5.74, 6) is 0.925. The van der Waals surface area contributed by atoms with Crippen molar-refractivity contribution in [3.63, 3.8) is 0 Å². The van der Waals surface area contributed by atoms with Crippen molar-refractivity contribution in [2.75, 3.05) is 13.7 Å². The lowest BCUT2D eigenvalue weighted by molar-refractivity contribution is 0.315. The average molecular weight is 212 g/mol. The molecule has 0 radical (unpaired) electrons. The molecule has 0 spiro atoms. The van der Waals surface area contributed by atoms with Crippen LogP contribution in [-0.2, 0) is 0 Å². The van der Waals surface area contributed by atoms with E-state index in [-0.39, 0.29) is 0 Å². The minimum atomic E-state index is 0.393. The molecule has 0 aromatic heterocycles. The van der Waals surface area contributed by atoms with E-state index in [2.05, 4.69) is 5.32 Å². The number of halogens is 1. The van der Waals surface area contributed by atoms with Gasteiger partial charge in [0.1, 0.15) is 5.75 Å². The highest BCUT2D eigenvalue weighted by Crippen LogP contribution is 2.33. The molecule has 1 atom stereocenters. The highest BCUT2D eigenvalue weighted by molar-refractivity contribution is 6.30. The molecule has 0 saturated carbocycles. The van der Waals surface area contributed by atoms with Crippen molar-refractivity contribution in [3.8, 4) is 5.75 Å². The largest absolute Gasteiger partial charge is 0.493 e. The van der Waals surface area contributed by atoms with E-state index in [1.54, 1.807) is 0 Å². The lowest BCUT2D eigenvalue weighted by atomic mass is 10.0. The molecule has 2 rings (SSSR count). The van der Waals surface area contributed by atoms with E-state index in [4.69, 9.17) is 16.3 Å². The van der Waals surface area contributed by atoms with Crippen LogP contribution < -0.4 is 10.1 Å². The molecule has 2 nitrogen and oxygen atoms in total. The summed E-state index contributed by atoms with van der Waals surface area (Å²) in [5.41, 5.74) is 1.22. The molecule has 0 aliphatic carbocycles. The lowest BCUT2D eigenvalue weighted by Gasteiger charge is -2.15. The second-order valence-electron chi connectivity index (χ2n) is 3.51. The van der Waals surface area contributed by atoms with Crippen LogP contribution in [0.15, 0.2) is 18.2 Å². The fourth-order valence-corrected chi connectivity index (χ4v) is 2.01. The number of ether oxygens (including phenoxy) is 1. The van der Waals surface area contributed by atoms with Crippen molar-refractivity contribution in [3.05, 3.63) is 28.8 Å². The van der Waals surface area contributed by atoms with Gasteiger partial charge in [-0.1, -0.05) is 17.7 Å². The van der Waals surface area contributed by atoms with Gasteiger partial charge in [0.2, 0.25) is 0 Å². The minimum absolute atomic E-state index is 0.393. The first-order chi connectivity index (χ1) is 6.81. The van der Waals surface area contributed by atoms with E-state index in [1.165, 1.54) is 5.56 Å². The standard InChI is InChI=1S/C11H14ClNO/c1-13-10-3-2-6-14-11-7-8(12)4-5-9(10)11/h4-5,7,10,13H,2-3,6H2,1H3. The molecule has 0 fully saturated rings. The van der Waals surface area contributed by atoms with Gasteiger partial charge < -0.3 is 10.1 Å². The van der Waals surface area contributed by atoms with Gasteiger partial charge in [-0.15, -0.1) is 0 Å². The molecule has 1 unspecified atom stereocenters. The van der Waals surface area contributed by atoms with E-state index in [0.29, 0.717) is 6.04 Å². The van der Waals surface area contributed by atoms with E-state index < -0.39 is 0 Å². The summed E-state index contributed by atoms with van der Waals surface area (Å²) in [7, 11) is 1.98. The third-order valence-corrected chi connectivity index (χ3v) is 2.83. The predicted octanol–water partition coefficient (Wildman–Crippen LogP) is 2.77. The molecule has 0 saturated heterocycles. The number of nitrogens with one attached hydrogen (secondary N) is 1. The maximum Gasteiger partial charge on any atom is 0.125 e. The van der Waals surface area contributed by atoms with E-state index in [9.17, 15) is 0 Å². The van der Waals surface area contributed by atoms with Crippen molar-refractivity contribution in [1.29, 1.82) is 0 Å². The van der Waals surface area contributed by atoms with Crippen LogP contribution in [0.3, 0.4) is 0 Å². The topological polar surface area (TPSA) is 21.3 Å². The molecule has 1 heterocycles. The minimum Gasteiger partial charge on any atom is -0.493 e. The Labute approximate surface area is 89.2 Å². The molecule has 14 heavy (non-hydrogen) atoms. The van der Waals surface area contributed by atoms with Gasteiger partial charge in [-0.2, -0.15) is 0 Å². The Hall–Kier alpha value is -0.730. The summed E-state index contributed by atoms with van der Waals surface area (Å²) in [6.45, 7) is 0.783. The zero-order valence-corrected chi connectivity index (χ0v) is 8.97. The smallest absolute Gasteiger partial charge is 0.125 e. The van der Waals surface area contributed by atoms with Gasteiger partial charge in [0, 0.05) is 16.6 Å². The summed E-state index contributed by atoms with van der Waals surface area (Å²) in [4.78, 5) is 0. The van der Waals surface area contributed by atoms with Crippen molar-refractivity contribution in [1.82, 2.24) is 5.32 Å². The Kier molecular flexibility index (Phi) is 2.94. The van der Waals surface area contributed by atoms with E-state index in [0.717, 1.165) is 30.2 Å². The Balaban J connectivity index is 2.39. The Morgan fingerprint density at radius 3 is 3.14 bits per heavy atom. The second kappa shape index (κ2) is 4.20. The van der Waals surface area contributed by atoms with Gasteiger partial charge >= 0.3 is 0 Å². The summed E-state index contributed by atoms with van der Waals surface area (Å²) >= 11 is 5.92. The Bertz CT molecular complexity index is 327.